The smallest absolute Gasteiger partial charge is 0.254 e. The molecule has 2 unspecified atom stereocenters. The fourth-order valence-corrected chi connectivity index (χ4v) is 6.80. The number of fused-ring (bicyclic) bond motifs is 2. The highest BCUT2D eigenvalue weighted by molar-refractivity contribution is 7.90. The van der Waals surface area contributed by atoms with Crippen LogP contribution in [0.2, 0.25) is 0 Å². The number of thiol groups is 1. The van der Waals surface area contributed by atoms with Crippen LogP contribution in [-0.2, 0) is 14.8 Å². The molecule has 0 radical (unpaired) electrons. The van der Waals surface area contributed by atoms with Crippen LogP contribution >= 0.6 is 12.6 Å². The summed E-state index contributed by atoms with van der Waals surface area (Å²) in [5.74, 6) is 0.0606. The van der Waals surface area contributed by atoms with Crippen molar-refractivity contribution in [1.29, 1.82) is 5.26 Å². The summed E-state index contributed by atoms with van der Waals surface area (Å²) < 4.78 is 29.0. The van der Waals surface area contributed by atoms with Gasteiger partial charge in [-0.3, -0.25) is 4.79 Å². The summed E-state index contributed by atoms with van der Waals surface area (Å²) in [5, 5.41) is 9.50. The van der Waals surface area contributed by atoms with Crippen LogP contribution < -0.4 is 0 Å². The van der Waals surface area contributed by atoms with E-state index in [4.69, 9.17) is 0 Å². The maximum absolute atomic E-state index is 12.6. The summed E-state index contributed by atoms with van der Waals surface area (Å²) >= 11 is 4.39. The second-order valence-electron chi connectivity index (χ2n) is 8.69. The number of nitrogens with zero attached hydrogens (tertiary/aromatic N) is 2. The fourth-order valence-electron chi connectivity index (χ4n) is 4.91. The zero-order valence-electron chi connectivity index (χ0n) is 17.4. The molecule has 1 aromatic carbocycles. The molecule has 158 valence electrons. The number of nitriles is 1. The highest BCUT2D eigenvalue weighted by Gasteiger charge is 2.65. The van der Waals surface area contributed by atoms with Crippen molar-refractivity contribution in [2.45, 2.75) is 40.0 Å². The molecule has 0 amide bonds. The van der Waals surface area contributed by atoms with Gasteiger partial charge in [0.05, 0.1) is 16.7 Å². The van der Waals surface area contributed by atoms with Crippen LogP contribution in [0, 0.1) is 35.0 Å². The molecule has 1 aromatic rings. The van der Waals surface area contributed by atoms with Gasteiger partial charge in [-0.05, 0) is 54.4 Å². The molecule has 30 heavy (non-hydrogen) atoms. The van der Waals surface area contributed by atoms with Gasteiger partial charge in [0.2, 0.25) is 0 Å². The van der Waals surface area contributed by atoms with Crippen molar-refractivity contribution >= 4 is 40.2 Å². The number of Topliss-reactive ketones (excluding diaryl/α,β-unsaturated/α-hetero) is 1. The summed E-state index contributed by atoms with van der Waals surface area (Å²) in [5.41, 5.74) is 0.974. The molecule has 0 aliphatic heterocycles. The van der Waals surface area contributed by atoms with Crippen LogP contribution in [0.5, 0.6) is 0 Å². The zero-order chi connectivity index (χ0) is 22.2. The standard InChI is InChI=1S/C23H26N2O3S2/c1-16-7-4-5-8-18(16)19(14-24)20(29)9-6-12-25-30(27,28)15-23-11-10-17(13-21(23)26)22(23,2)3/h4-9,12,17,29H,10-11,13,15H2,1-3H3/b9-6-,20-19+,25-12?. The summed E-state index contributed by atoms with van der Waals surface area (Å²) in [6.07, 6.45) is 6.15. The molecular formula is C23H26N2O3S2. The second kappa shape index (κ2) is 8.16. The molecule has 2 fully saturated rings. The second-order valence-corrected chi connectivity index (χ2v) is 10.8. The van der Waals surface area contributed by atoms with Gasteiger partial charge in [0.1, 0.15) is 11.9 Å². The Bertz CT molecular complexity index is 1110. The van der Waals surface area contributed by atoms with Crippen molar-refractivity contribution in [2.75, 3.05) is 5.75 Å². The predicted octanol–water partition coefficient (Wildman–Crippen LogP) is 4.51. The van der Waals surface area contributed by atoms with Crippen molar-refractivity contribution in [1.82, 2.24) is 0 Å². The molecule has 2 aliphatic rings. The van der Waals surface area contributed by atoms with Crippen LogP contribution in [0.4, 0.5) is 0 Å². The number of aryl methyl sites for hydroxylation is 1. The number of carbonyl (C=O) groups is 1. The van der Waals surface area contributed by atoms with E-state index in [1.165, 1.54) is 12.3 Å². The van der Waals surface area contributed by atoms with Gasteiger partial charge in [-0.1, -0.05) is 38.1 Å². The van der Waals surface area contributed by atoms with E-state index in [0.717, 1.165) is 17.5 Å². The maximum Gasteiger partial charge on any atom is 0.254 e. The normalized spacial score (nSPS) is 26.4. The largest absolute Gasteiger partial charge is 0.299 e. The SMILES string of the molecule is Cc1ccccc1/C(C#N)=C(S)\C=C/C=NS(=O)(=O)CC12CCC(CC1=O)C2(C)C. The first kappa shape index (κ1) is 22.5. The lowest BCUT2D eigenvalue weighted by molar-refractivity contribution is -0.128. The predicted molar refractivity (Wildman–Crippen MR) is 123 cm³/mol. The van der Waals surface area contributed by atoms with Gasteiger partial charge in [-0.15, -0.1) is 12.6 Å². The number of benzene rings is 1. The minimum absolute atomic E-state index is 0.0514. The Morgan fingerprint density at radius 1 is 1.37 bits per heavy atom. The molecule has 2 atom stereocenters. The fraction of sp³-hybridized carbons (Fsp3) is 0.435. The first-order valence-corrected chi connectivity index (χ1v) is 12.0. The van der Waals surface area contributed by atoms with E-state index in [-0.39, 0.29) is 22.9 Å². The number of allylic oxidation sites excluding steroid dienone is 3. The number of sulfonamides is 1. The van der Waals surface area contributed by atoms with Crippen molar-refractivity contribution in [2.24, 2.45) is 21.1 Å². The Morgan fingerprint density at radius 3 is 2.63 bits per heavy atom. The Hall–Kier alpha value is -2.17. The monoisotopic (exact) mass is 442 g/mol. The number of hydrogen-bond acceptors (Lipinski definition) is 5. The molecule has 0 aromatic heterocycles. The Labute approximate surface area is 184 Å². The molecule has 0 N–H and O–H groups in total. The van der Waals surface area contributed by atoms with E-state index in [1.807, 2.05) is 45.0 Å². The average Bonchev–Trinajstić information content (AvgIpc) is 3.01. The summed E-state index contributed by atoms with van der Waals surface area (Å²) in [7, 11) is -3.80. The van der Waals surface area contributed by atoms with Crippen molar-refractivity contribution in [3.8, 4) is 6.07 Å². The summed E-state index contributed by atoms with van der Waals surface area (Å²) in [6, 6.07) is 9.63. The summed E-state index contributed by atoms with van der Waals surface area (Å²) in [6.45, 7) is 5.91. The molecule has 5 nitrogen and oxygen atoms in total. The molecule has 0 saturated heterocycles. The van der Waals surface area contributed by atoms with Crippen LogP contribution in [-0.4, -0.2) is 26.2 Å². The molecule has 2 aliphatic carbocycles. The van der Waals surface area contributed by atoms with Crippen LogP contribution in [0.25, 0.3) is 5.57 Å². The van der Waals surface area contributed by atoms with Crippen LogP contribution in [0.15, 0.2) is 45.7 Å². The third-order valence-electron chi connectivity index (χ3n) is 6.91. The van der Waals surface area contributed by atoms with E-state index >= 15 is 0 Å². The van der Waals surface area contributed by atoms with E-state index in [9.17, 15) is 18.5 Å². The van der Waals surface area contributed by atoms with Gasteiger partial charge in [0, 0.05) is 17.5 Å². The minimum Gasteiger partial charge on any atom is -0.299 e. The quantitative estimate of drug-likeness (QED) is 0.304. The minimum atomic E-state index is -3.80. The lowest BCUT2D eigenvalue weighted by atomic mass is 9.70. The maximum atomic E-state index is 12.6. The Balaban J connectivity index is 1.77. The Morgan fingerprint density at radius 2 is 2.07 bits per heavy atom. The van der Waals surface area contributed by atoms with Gasteiger partial charge in [-0.2, -0.15) is 9.66 Å². The molecule has 2 saturated carbocycles. The van der Waals surface area contributed by atoms with Crippen LogP contribution in [0.1, 0.15) is 44.2 Å². The third kappa shape index (κ3) is 3.91. The van der Waals surface area contributed by atoms with Crippen LogP contribution in [0.3, 0.4) is 0 Å². The molecule has 2 bridgehead atoms. The van der Waals surface area contributed by atoms with Crippen molar-refractivity contribution < 1.29 is 13.2 Å². The Kier molecular flexibility index (Phi) is 6.13. The van der Waals surface area contributed by atoms with Gasteiger partial charge in [0.25, 0.3) is 10.0 Å². The first-order chi connectivity index (χ1) is 14.0. The molecule has 3 rings (SSSR count). The number of hydrogen-bond donors (Lipinski definition) is 1. The van der Waals surface area contributed by atoms with E-state index < -0.39 is 15.4 Å². The average molecular weight is 443 g/mol. The zero-order valence-corrected chi connectivity index (χ0v) is 19.1. The van der Waals surface area contributed by atoms with Gasteiger partial charge < -0.3 is 0 Å². The third-order valence-corrected chi connectivity index (χ3v) is 8.59. The molecule has 0 spiro atoms. The van der Waals surface area contributed by atoms with E-state index in [1.54, 1.807) is 6.08 Å². The highest BCUT2D eigenvalue weighted by Crippen LogP contribution is 2.64. The highest BCUT2D eigenvalue weighted by atomic mass is 32.2. The molecule has 7 heteroatoms. The van der Waals surface area contributed by atoms with Gasteiger partial charge in [-0.25, -0.2) is 8.42 Å². The number of ketones is 1. The van der Waals surface area contributed by atoms with Crippen molar-refractivity contribution in [3.63, 3.8) is 0 Å². The van der Waals surface area contributed by atoms with E-state index in [0.29, 0.717) is 23.3 Å². The van der Waals surface area contributed by atoms with Gasteiger partial charge in [0.15, 0.2) is 0 Å². The topological polar surface area (TPSA) is 87.4 Å². The van der Waals surface area contributed by atoms with E-state index in [2.05, 4.69) is 23.1 Å². The molecular weight excluding hydrogens is 416 g/mol. The lowest BCUT2D eigenvalue weighted by Crippen LogP contribution is -2.41. The first-order valence-electron chi connectivity index (χ1n) is 9.91. The summed E-state index contributed by atoms with van der Waals surface area (Å²) in [4.78, 5) is 13.0. The van der Waals surface area contributed by atoms with Crippen molar-refractivity contribution in [3.05, 3.63) is 52.4 Å². The lowest BCUT2D eigenvalue weighted by Gasteiger charge is -2.35. The van der Waals surface area contributed by atoms with Gasteiger partial charge >= 0.3 is 0 Å². The number of carbonyl (C=O) groups excluding carboxylic acids is 1. The molecule has 0 heterocycles. The number of rotatable bonds is 6.